The molecule has 1 aliphatic rings. The van der Waals surface area contributed by atoms with Crippen molar-refractivity contribution in [1.29, 1.82) is 0 Å². The summed E-state index contributed by atoms with van der Waals surface area (Å²) in [6.07, 6.45) is 8.95. The van der Waals surface area contributed by atoms with Crippen LogP contribution in [0, 0.1) is 0 Å². The minimum Gasteiger partial charge on any atom is -0.367 e. The molecule has 1 amide bonds. The Hall–Kier alpha value is -5.09. The number of anilines is 2. The van der Waals surface area contributed by atoms with Crippen LogP contribution in [0.4, 0.5) is 11.4 Å². The predicted octanol–water partition coefficient (Wildman–Crippen LogP) is 4.57. The van der Waals surface area contributed by atoms with Crippen molar-refractivity contribution in [1.82, 2.24) is 35.0 Å². The van der Waals surface area contributed by atoms with E-state index in [0.717, 1.165) is 76.3 Å². The number of nitrogens with zero attached hydrogens (tertiary/aromatic N) is 6. The van der Waals surface area contributed by atoms with E-state index in [0.29, 0.717) is 11.3 Å². The van der Waals surface area contributed by atoms with Gasteiger partial charge in [-0.25, -0.2) is 0 Å². The molecule has 0 unspecified atom stereocenters. The molecule has 0 bridgehead atoms. The average Bonchev–Trinajstić information content (AvgIpc) is 3.62. The van der Waals surface area contributed by atoms with Crippen LogP contribution in [0.1, 0.15) is 10.4 Å². The van der Waals surface area contributed by atoms with Crippen LogP contribution >= 0.6 is 0 Å². The number of likely N-dealkylation sites (N-methyl/N-ethyl adjacent to an activating group) is 1. The van der Waals surface area contributed by atoms with Gasteiger partial charge in [-0.1, -0.05) is 18.2 Å². The lowest BCUT2D eigenvalue weighted by Crippen LogP contribution is -2.44. The van der Waals surface area contributed by atoms with E-state index in [-0.39, 0.29) is 5.91 Å². The van der Waals surface area contributed by atoms with Crippen molar-refractivity contribution < 1.29 is 4.79 Å². The Morgan fingerprint density at radius 1 is 0.875 bits per heavy atom. The third-order valence-electron chi connectivity index (χ3n) is 7.40. The normalized spacial score (nSPS) is 14.2. The van der Waals surface area contributed by atoms with Gasteiger partial charge in [0.05, 0.1) is 58.6 Å². The fourth-order valence-corrected chi connectivity index (χ4v) is 5.18. The van der Waals surface area contributed by atoms with E-state index in [1.54, 1.807) is 30.7 Å². The zero-order chi connectivity index (χ0) is 27.1. The molecule has 198 valence electrons. The molecule has 10 heteroatoms. The van der Waals surface area contributed by atoms with Crippen molar-refractivity contribution in [2.45, 2.75) is 0 Å². The Morgan fingerprint density at radius 2 is 1.70 bits per heavy atom. The number of benzene rings is 1. The summed E-state index contributed by atoms with van der Waals surface area (Å²) in [7, 11) is 2.16. The molecular formula is C30H27N9O. The topological polar surface area (TPSA) is 119 Å². The summed E-state index contributed by atoms with van der Waals surface area (Å²) in [6.45, 7) is 3.99. The number of aromatic amines is 2. The predicted molar refractivity (Wildman–Crippen MR) is 156 cm³/mol. The Morgan fingerprint density at radius 3 is 2.55 bits per heavy atom. The summed E-state index contributed by atoms with van der Waals surface area (Å²) in [5.74, 6) is -0.190. The number of H-pyrrole nitrogens is 2. The van der Waals surface area contributed by atoms with E-state index in [4.69, 9.17) is 0 Å². The van der Waals surface area contributed by atoms with Crippen LogP contribution in [0.3, 0.4) is 0 Å². The molecule has 0 aliphatic carbocycles. The van der Waals surface area contributed by atoms with Crippen LogP contribution in [-0.2, 0) is 0 Å². The summed E-state index contributed by atoms with van der Waals surface area (Å²) in [4.78, 5) is 34.4. The van der Waals surface area contributed by atoms with Crippen LogP contribution < -0.4 is 10.2 Å². The number of nitrogens with one attached hydrogen (secondary N) is 3. The molecule has 0 spiro atoms. The molecule has 1 aromatic carbocycles. The lowest BCUT2D eigenvalue weighted by atomic mass is 10.1. The van der Waals surface area contributed by atoms with Gasteiger partial charge in [-0.2, -0.15) is 5.10 Å². The zero-order valence-corrected chi connectivity index (χ0v) is 21.9. The van der Waals surface area contributed by atoms with Gasteiger partial charge in [0.2, 0.25) is 0 Å². The second-order valence-electron chi connectivity index (χ2n) is 10.1. The van der Waals surface area contributed by atoms with E-state index in [2.05, 4.69) is 58.4 Å². The third-order valence-corrected chi connectivity index (χ3v) is 7.40. The number of hydrogen-bond acceptors (Lipinski definition) is 7. The van der Waals surface area contributed by atoms with E-state index in [1.807, 2.05) is 42.7 Å². The highest BCUT2D eigenvalue weighted by Gasteiger charge is 2.19. The summed E-state index contributed by atoms with van der Waals surface area (Å²) in [5.41, 5.74) is 7.35. The Balaban J connectivity index is 1.21. The largest absolute Gasteiger partial charge is 0.367 e. The van der Waals surface area contributed by atoms with E-state index in [9.17, 15) is 4.79 Å². The van der Waals surface area contributed by atoms with Crippen molar-refractivity contribution >= 4 is 39.1 Å². The number of amides is 1. The number of piperazine rings is 1. The smallest absolute Gasteiger partial charge is 0.255 e. The highest BCUT2D eigenvalue weighted by atomic mass is 16.1. The minimum atomic E-state index is -0.190. The number of carbonyl (C=O) groups excluding carboxylic acids is 1. The van der Waals surface area contributed by atoms with Crippen molar-refractivity contribution in [3.63, 3.8) is 0 Å². The standard InChI is InChI=1S/C30H27N9O/c1-38-7-9-39(10-8-38)28-18-32-16-26-22(28)12-25(35-26)29-23-13-24(33-17-27(23)36-37-29)20-11-21(15-31-14-20)34-30(40)19-5-3-2-4-6-19/h2-6,11-18,35H,7-10H2,1H3,(H,34,40)(H,36,37). The first kappa shape index (κ1) is 24.0. The Bertz CT molecular complexity index is 1830. The number of pyridine rings is 3. The monoisotopic (exact) mass is 529 g/mol. The SMILES string of the molecule is CN1CCN(c2cncc3[nH]c(-c4n[nH]c5cnc(-c6cncc(NC(=O)c7ccccc7)c6)cc45)cc23)CC1. The third kappa shape index (κ3) is 4.44. The summed E-state index contributed by atoms with van der Waals surface area (Å²) >= 11 is 0. The van der Waals surface area contributed by atoms with Crippen molar-refractivity contribution in [3.8, 4) is 22.6 Å². The number of carbonyl (C=O) groups is 1. The van der Waals surface area contributed by atoms with Crippen LogP contribution in [0.5, 0.6) is 0 Å². The molecule has 0 radical (unpaired) electrons. The summed E-state index contributed by atoms with van der Waals surface area (Å²) < 4.78 is 0. The van der Waals surface area contributed by atoms with E-state index < -0.39 is 0 Å². The molecule has 5 aromatic heterocycles. The first-order valence-electron chi connectivity index (χ1n) is 13.2. The van der Waals surface area contributed by atoms with Gasteiger partial charge in [0.15, 0.2) is 0 Å². The average molecular weight is 530 g/mol. The van der Waals surface area contributed by atoms with Gasteiger partial charge in [-0.3, -0.25) is 24.8 Å². The highest BCUT2D eigenvalue weighted by Crippen LogP contribution is 2.34. The van der Waals surface area contributed by atoms with Gasteiger partial charge in [0, 0.05) is 54.3 Å². The maximum atomic E-state index is 12.6. The first-order valence-corrected chi connectivity index (χ1v) is 13.2. The fourth-order valence-electron chi connectivity index (χ4n) is 5.18. The van der Waals surface area contributed by atoms with Gasteiger partial charge in [0.1, 0.15) is 5.69 Å². The maximum Gasteiger partial charge on any atom is 0.255 e. The van der Waals surface area contributed by atoms with Crippen molar-refractivity contribution in [2.75, 3.05) is 43.4 Å². The summed E-state index contributed by atoms with van der Waals surface area (Å²) in [6, 6.07) is 15.1. The number of aromatic nitrogens is 6. The molecule has 3 N–H and O–H groups in total. The van der Waals surface area contributed by atoms with Gasteiger partial charge in [-0.15, -0.1) is 0 Å². The van der Waals surface area contributed by atoms with Gasteiger partial charge >= 0.3 is 0 Å². The van der Waals surface area contributed by atoms with Crippen LogP contribution in [0.25, 0.3) is 44.5 Å². The van der Waals surface area contributed by atoms with Crippen molar-refractivity contribution in [3.05, 3.63) is 85.1 Å². The molecule has 1 saturated heterocycles. The number of fused-ring (bicyclic) bond motifs is 2. The second kappa shape index (κ2) is 9.90. The molecule has 6 aromatic rings. The Labute approximate surface area is 230 Å². The van der Waals surface area contributed by atoms with Crippen LogP contribution in [0.15, 0.2) is 79.5 Å². The van der Waals surface area contributed by atoms with Gasteiger partial charge in [0.25, 0.3) is 5.91 Å². The first-order chi connectivity index (χ1) is 19.6. The summed E-state index contributed by atoms with van der Waals surface area (Å²) in [5, 5.41) is 12.7. The van der Waals surface area contributed by atoms with Crippen LogP contribution in [-0.4, -0.2) is 74.2 Å². The lowest BCUT2D eigenvalue weighted by molar-refractivity contribution is 0.102. The maximum absolute atomic E-state index is 12.6. The lowest BCUT2D eigenvalue weighted by Gasteiger charge is -2.34. The van der Waals surface area contributed by atoms with Gasteiger partial charge in [-0.05, 0) is 37.4 Å². The molecule has 40 heavy (non-hydrogen) atoms. The zero-order valence-electron chi connectivity index (χ0n) is 21.9. The number of rotatable bonds is 5. The molecule has 10 nitrogen and oxygen atoms in total. The molecule has 0 atom stereocenters. The minimum absolute atomic E-state index is 0.190. The molecule has 1 aliphatic heterocycles. The van der Waals surface area contributed by atoms with Crippen molar-refractivity contribution in [2.24, 2.45) is 0 Å². The van der Waals surface area contributed by atoms with E-state index >= 15 is 0 Å². The van der Waals surface area contributed by atoms with Gasteiger partial charge < -0.3 is 20.1 Å². The van der Waals surface area contributed by atoms with Crippen LogP contribution in [0.2, 0.25) is 0 Å². The molecule has 6 heterocycles. The van der Waals surface area contributed by atoms with E-state index in [1.165, 1.54) is 0 Å². The quantitative estimate of drug-likeness (QED) is 0.299. The molecule has 1 fully saturated rings. The molecule has 0 saturated carbocycles. The Kier molecular flexibility index (Phi) is 5.94. The molecule has 7 rings (SSSR count). The highest BCUT2D eigenvalue weighted by molar-refractivity contribution is 6.04. The molecular weight excluding hydrogens is 502 g/mol. The second-order valence-corrected chi connectivity index (χ2v) is 10.1. The number of hydrogen-bond donors (Lipinski definition) is 3. The fraction of sp³-hybridized carbons (Fsp3) is 0.167.